The highest BCUT2D eigenvalue weighted by Gasteiger charge is 2.26. The molecular formula is C17H28N4O2S2. The Morgan fingerprint density at radius 2 is 1.92 bits per heavy atom. The first-order valence-electron chi connectivity index (χ1n) is 8.61. The minimum Gasteiger partial charge on any atom is -0.361 e. The second kappa shape index (κ2) is 8.93. The van der Waals surface area contributed by atoms with Crippen LogP contribution in [0.4, 0.5) is 5.69 Å². The quantitative estimate of drug-likeness (QED) is 0.732. The fourth-order valence-electron chi connectivity index (χ4n) is 2.71. The maximum absolute atomic E-state index is 12.8. The van der Waals surface area contributed by atoms with Crippen molar-refractivity contribution in [1.82, 2.24) is 14.5 Å². The molecule has 1 fully saturated rings. The van der Waals surface area contributed by atoms with Gasteiger partial charge in [0.05, 0.1) is 4.90 Å². The smallest absolute Gasteiger partial charge is 0.243 e. The molecule has 1 aromatic carbocycles. The Labute approximate surface area is 156 Å². The van der Waals surface area contributed by atoms with Crippen LogP contribution in [0.1, 0.15) is 24.8 Å². The van der Waals surface area contributed by atoms with Gasteiger partial charge >= 0.3 is 0 Å². The number of hydrogen-bond acceptors (Lipinski definition) is 4. The number of hydrogen-bond donors (Lipinski definition) is 2. The minimum atomic E-state index is -3.44. The van der Waals surface area contributed by atoms with Gasteiger partial charge in [-0.2, -0.15) is 4.31 Å². The Morgan fingerprint density at radius 1 is 1.24 bits per heavy atom. The maximum atomic E-state index is 12.8. The van der Waals surface area contributed by atoms with Crippen molar-refractivity contribution >= 4 is 33.0 Å². The van der Waals surface area contributed by atoms with E-state index in [0.717, 1.165) is 43.6 Å². The highest BCUT2D eigenvalue weighted by atomic mass is 32.2. The number of rotatable bonds is 6. The Kier molecular flexibility index (Phi) is 7.18. The molecule has 8 heteroatoms. The highest BCUT2D eigenvalue weighted by Crippen LogP contribution is 2.25. The molecule has 140 valence electrons. The van der Waals surface area contributed by atoms with Crippen LogP contribution >= 0.6 is 12.2 Å². The first-order chi connectivity index (χ1) is 11.8. The lowest BCUT2D eigenvalue weighted by atomic mass is 10.2. The second-order valence-electron chi connectivity index (χ2n) is 6.63. The van der Waals surface area contributed by atoms with Crippen molar-refractivity contribution in [2.75, 3.05) is 45.6 Å². The highest BCUT2D eigenvalue weighted by molar-refractivity contribution is 7.89. The Morgan fingerprint density at radius 3 is 2.56 bits per heavy atom. The molecule has 0 unspecified atom stereocenters. The van der Waals surface area contributed by atoms with E-state index in [0.29, 0.717) is 23.1 Å². The summed E-state index contributed by atoms with van der Waals surface area (Å²) in [7, 11) is 0.552. The van der Waals surface area contributed by atoms with E-state index in [1.54, 1.807) is 16.4 Å². The zero-order valence-corrected chi connectivity index (χ0v) is 16.8. The van der Waals surface area contributed by atoms with Crippen molar-refractivity contribution in [3.63, 3.8) is 0 Å². The van der Waals surface area contributed by atoms with Gasteiger partial charge in [0, 0.05) is 31.9 Å². The van der Waals surface area contributed by atoms with E-state index in [1.165, 1.54) is 0 Å². The van der Waals surface area contributed by atoms with E-state index in [9.17, 15) is 8.42 Å². The predicted molar refractivity (Wildman–Crippen MR) is 107 cm³/mol. The zero-order chi connectivity index (χ0) is 18.4. The zero-order valence-electron chi connectivity index (χ0n) is 15.2. The number of sulfonamides is 1. The summed E-state index contributed by atoms with van der Waals surface area (Å²) in [5, 5.41) is 6.75. The summed E-state index contributed by atoms with van der Waals surface area (Å²) in [4.78, 5) is 2.38. The lowest BCUT2D eigenvalue weighted by molar-refractivity contribution is 0.346. The molecule has 25 heavy (non-hydrogen) atoms. The van der Waals surface area contributed by atoms with Crippen molar-refractivity contribution in [2.24, 2.45) is 0 Å². The van der Waals surface area contributed by atoms with E-state index in [1.807, 2.05) is 27.1 Å². The molecule has 0 saturated carbocycles. The molecule has 2 rings (SSSR count). The van der Waals surface area contributed by atoms with Gasteiger partial charge < -0.3 is 15.5 Å². The minimum absolute atomic E-state index is 0.318. The monoisotopic (exact) mass is 384 g/mol. The van der Waals surface area contributed by atoms with Gasteiger partial charge in [0.25, 0.3) is 0 Å². The van der Waals surface area contributed by atoms with Crippen LogP contribution in [0.25, 0.3) is 0 Å². The second-order valence-corrected chi connectivity index (χ2v) is 8.97. The number of nitrogens with zero attached hydrogens (tertiary/aromatic N) is 2. The number of thiocarbonyl (C=S) groups is 1. The van der Waals surface area contributed by atoms with Crippen molar-refractivity contribution in [2.45, 2.75) is 31.1 Å². The molecule has 0 amide bonds. The van der Waals surface area contributed by atoms with Crippen LogP contribution in [0.15, 0.2) is 23.1 Å². The average molecular weight is 385 g/mol. The van der Waals surface area contributed by atoms with Crippen LogP contribution in [-0.2, 0) is 10.0 Å². The van der Waals surface area contributed by atoms with Gasteiger partial charge in [0.1, 0.15) is 0 Å². The Balaban J connectivity index is 2.10. The van der Waals surface area contributed by atoms with Crippen molar-refractivity contribution in [1.29, 1.82) is 0 Å². The Hall–Kier alpha value is -1.22. The summed E-state index contributed by atoms with van der Waals surface area (Å²) in [6, 6.07) is 5.17. The summed E-state index contributed by atoms with van der Waals surface area (Å²) >= 11 is 5.31. The number of benzene rings is 1. The number of piperidine rings is 1. The molecule has 0 aliphatic carbocycles. The van der Waals surface area contributed by atoms with E-state index in [-0.39, 0.29) is 0 Å². The maximum Gasteiger partial charge on any atom is 0.243 e. The Bertz CT molecular complexity index is 699. The number of anilines is 1. The largest absolute Gasteiger partial charge is 0.361 e. The van der Waals surface area contributed by atoms with Crippen LogP contribution in [0.3, 0.4) is 0 Å². The summed E-state index contributed by atoms with van der Waals surface area (Å²) in [5.74, 6) is 0. The van der Waals surface area contributed by atoms with Gasteiger partial charge in [-0.1, -0.05) is 12.5 Å². The first kappa shape index (κ1) is 20.1. The molecule has 0 spiro atoms. The van der Waals surface area contributed by atoms with Crippen molar-refractivity contribution in [3.05, 3.63) is 23.8 Å². The van der Waals surface area contributed by atoms with E-state index in [4.69, 9.17) is 12.2 Å². The van der Waals surface area contributed by atoms with Crippen LogP contribution in [0.2, 0.25) is 0 Å². The van der Waals surface area contributed by atoms with Gasteiger partial charge in [-0.15, -0.1) is 0 Å². The van der Waals surface area contributed by atoms with Crippen LogP contribution in [0, 0.1) is 6.92 Å². The lowest BCUT2D eigenvalue weighted by Crippen LogP contribution is -2.36. The van der Waals surface area contributed by atoms with Gasteiger partial charge in [0.15, 0.2) is 5.11 Å². The van der Waals surface area contributed by atoms with Crippen LogP contribution in [-0.4, -0.2) is 63.0 Å². The van der Waals surface area contributed by atoms with E-state index < -0.39 is 10.0 Å². The fraction of sp³-hybridized carbons (Fsp3) is 0.588. The number of likely N-dealkylation sites (N-methyl/N-ethyl adjacent to an activating group) is 1. The number of nitrogens with one attached hydrogen (secondary N) is 2. The predicted octanol–water partition coefficient (Wildman–Crippen LogP) is 2.02. The molecule has 0 aromatic heterocycles. The lowest BCUT2D eigenvalue weighted by Gasteiger charge is -2.26. The first-order valence-corrected chi connectivity index (χ1v) is 10.5. The molecule has 1 heterocycles. The average Bonchev–Trinajstić information content (AvgIpc) is 2.57. The third kappa shape index (κ3) is 5.64. The standard InChI is InChI=1S/C17H28N4O2S2/c1-14-7-8-15(25(22,23)21-10-5-4-6-11-21)13-16(14)19-17(24)18-9-12-20(2)3/h7-8,13H,4-6,9-12H2,1-3H3,(H2,18,19,24). The molecule has 1 aromatic rings. The molecular weight excluding hydrogens is 356 g/mol. The third-order valence-corrected chi connectivity index (χ3v) is 6.40. The summed E-state index contributed by atoms with van der Waals surface area (Å²) < 4.78 is 27.2. The van der Waals surface area contributed by atoms with Gasteiger partial charge in [0.2, 0.25) is 10.0 Å². The molecule has 1 aliphatic heterocycles. The summed E-state index contributed by atoms with van der Waals surface area (Å²) in [6.45, 7) is 4.73. The molecule has 1 saturated heterocycles. The van der Waals surface area contributed by atoms with Gasteiger partial charge in [-0.3, -0.25) is 0 Å². The molecule has 0 radical (unpaired) electrons. The summed E-state index contributed by atoms with van der Waals surface area (Å²) in [6.07, 6.45) is 2.95. The molecule has 2 N–H and O–H groups in total. The summed E-state index contributed by atoms with van der Waals surface area (Å²) in [5.41, 5.74) is 1.68. The van der Waals surface area contributed by atoms with E-state index in [2.05, 4.69) is 15.5 Å². The van der Waals surface area contributed by atoms with Crippen LogP contribution < -0.4 is 10.6 Å². The molecule has 0 bridgehead atoms. The van der Waals surface area contributed by atoms with Crippen LogP contribution in [0.5, 0.6) is 0 Å². The SMILES string of the molecule is Cc1ccc(S(=O)(=O)N2CCCCC2)cc1NC(=S)NCCN(C)C. The number of aryl methyl sites for hydroxylation is 1. The van der Waals surface area contributed by atoms with Crippen molar-refractivity contribution < 1.29 is 8.42 Å². The normalized spacial score (nSPS) is 16.0. The molecule has 1 aliphatic rings. The van der Waals surface area contributed by atoms with Crippen molar-refractivity contribution in [3.8, 4) is 0 Å². The topological polar surface area (TPSA) is 64.7 Å². The molecule has 6 nitrogen and oxygen atoms in total. The van der Waals surface area contributed by atoms with Gasteiger partial charge in [-0.05, 0) is 63.8 Å². The fourth-order valence-corrected chi connectivity index (χ4v) is 4.47. The molecule has 0 atom stereocenters. The van der Waals surface area contributed by atoms with Gasteiger partial charge in [-0.25, -0.2) is 8.42 Å². The van der Waals surface area contributed by atoms with E-state index >= 15 is 0 Å². The third-order valence-electron chi connectivity index (χ3n) is 4.25.